The third-order valence-electron chi connectivity index (χ3n) is 10.6. The van der Waals surface area contributed by atoms with Gasteiger partial charge in [0.15, 0.2) is 0 Å². The zero-order chi connectivity index (χ0) is 44.8. The Bertz CT molecular complexity index is 1160. The fourth-order valence-electron chi connectivity index (χ4n) is 6.72. The SMILES string of the molecule is CC/C=C\C/C=C\C/C=C\C/C=C\CCCCCCCCCCCCC(=O)OC(COCCCCCCCC/C=C\CCCCCCCC)COP(=O)(O)OCC[N+](C)(C)C. The molecule has 356 valence electrons. The highest BCUT2D eigenvalue weighted by atomic mass is 31.2. The van der Waals surface area contributed by atoms with Gasteiger partial charge in [0.25, 0.3) is 0 Å². The molecule has 0 fully saturated rings. The van der Waals surface area contributed by atoms with Crippen LogP contribution in [0.4, 0.5) is 0 Å². The average molecular weight is 879 g/mol. The van der Waals surface area contributed by atoms with Crippen LogP contribution in [0.15, 0.2) is 60.8 Å². The number of hydrogen-bond acceptors (Lipinski definition) is 6. The van der Waals surface area contributed by atoms with E-state index in [-0.39, 0.29) is 25.8 Å². The lowest BCUT2D eigenvalue weighted by Crippen LogP contribution is -2.37. The van der Waals surface area contributed by atoms with Crippen molar-refractivity contribution in [2.24, 2.45) is 0 Å². The van der Waals surface area contributed by atoms with Gasteiger partial charge in [0.2, 0.25) is 0 Å². The highest BCUT2D eigenvalue weighted by molar-refractivity contribution is 7.47. The highest BCUT2D eigenvalue weighted by Gasteiger charge is 2.26. The third-order valence-corrected chi connectivity index (χ3v) is 11.5. The van der Waals surface area contributed by atoms with Crippen LogP contribution in [0.25, 0.3) is 0 Å². The van der Waals surface area contributed by atoms with Gasteiger partial charge in [0.1, 0.15) is 19.3 Å². The molecule has 0 aromatic rings. The van der Waals surface area contributed by atoms with Crippen LogP contribution in [0.5, 0.6) is 0 Å². The van der Waals surface area contributed by atoms with Crippen molar-refractivity contribution in [3.05, 3.63) is 60.8 Å². The monoisotopic (exact) mass is 879 g/mol. The quantitative estimate of drug-likeness (QED) is 0.0214. The Morgan fingerprint density at radius 2 is 0.951 bits per heavy atom. The van der Waals surface area contributed by atoms with E-state index in [1.54, 1.807) is 0 Å². The minimum absolute atomic E-state index is 0.0848. The largest absolute Gasteiger partial charge is 0.472 e. The van der Waals surface area contributed by atoms with Crippen molar-refractivity contribution in [3.8, 4) is 0 Å². The molecular weight excluding hydrogens is 782 g/mol. The summed E-state index contributed by atoms with van der Waals surface area (Å²) in [6.07, 6.45) is 56.9. The molecule has 0 rings (SSSR count). The molecule has 0 aliphatic carbocycles. The van der Waals surface area contributed by atoms with Gasteiger partial charge in [-0.15, -0.1) is 0 Å². The van der Waals surface area contributed by atoms with Crippen LogP contribution < -0.4 is 0 Å². The van der Waals surface area contributed by atoms with Gasteiger partial charge in [0, 0.05) is 13.0 Å². The molecular formula is C52H97NO7P+. The second-order valence-corrected chi connectivity index (χ2v) is 19.3. The summed E-state index contributed by atoms with van der Waals surface area (Å²) < 4.78 is 35.1. The molecule has 0 aliphatic heterocycles. The second-order valence-electron chi connectivity index (χ2n) is 17.8. The maximum Gasteiger partial charge on any atom is 0.472 e. The molecule has 0 aromatic heterocycles. The number of quaternary nitrogens is 1. The number of allylic oxidation sites excluding steroid dienone is 10. The maximum atomic E-state index is 12.8. The lowest BCUT2D eigenvalue weighted by molar-refractivity contribution is -0.870. The van der Waals surface area contributed by atoms with Gasteiger partial charge in [-0.05, 0) is 77.0 Å². The summed E-state index contributed by atoms with van der Waals surface area (Å²) in [6.45, 7) is 5.50. The first-order valence-electron chi connectivity index (χ1n) is 25.0. The molecule has 0 saturated carbocycles. The Hall–Kier alpha value is -1.80. The average Bonchev–Trinajstić information content (AvgIpc) is 3.22. The van der Waals surface area contributed by atoms with Crippen LogP contribution in [-0.2, 0) is 27.9 Å². The summed E-state index contributed by atoms with van der Waals surface area (Å²) in [5, 5.41) is 0. The number of esters is 1. The van der Waals surface area contributed by atoms with E-state index in [9.17, 15) is 14.3 Å². The van der Waals surface area contributed by atoms with Crippen molar-refractivity contribution in [1.82, 2.24) is 0 Å². The van der Waals surface area contributed by atoms with Gasteiger partial charge >= 0.3 is 13.8 Å². The zero-order valence-electron chi connectivity index (χ0n) is 40.4. The molecule has 9 heteroatoms. The molecule has 1 N–H and O–H groups in total. The summed E-state index contributed by atoms with van der Waals surface area (Å²) in [7, 11) is 1.66. The van der Waals surface area contributed by atoms with E-state index in [4.69, 9.17) is 18.5 Å². The Balaban J connectivity index is 4.16. The number of ether oxygens (including phenoxy) is 2. The predicted octanol–water partition coefficient (Wildman–Crippen LogP) is 15.3. The molecule has 0 bridgehead atoms. The van der Waals surface area contributed by atoms with Gasteiger partial charge in [-0.2, -0.15) is 0 Å². The van der Waals surface area contributed by atoms with Crippen molar-refractivity contribution < 1.29 is 37.3 Å². The van der Waals surface area contributed by atoms with Gasteiger partial charge in [-0.25, -0.2) is 4.57 Å². The molecule has 0 aliphatic rings. The van der Waals surface area contributed by atoms with Crippen LogP contribution in [0.3, 0.4) is 0 Å². The minimum atomic E-state index is -4.28. The summed E-state index contributed by atoms with van der Waals surface area (Å²) in [5.74, 6) is -0.321. The first kappa shape index (κ1) is 59.2. The fourth-order valence-corrected chi connectivity index (χ4v) is 7.46. The molecule has 0 heterocycles. The van der Waals surface area contributed by atoms with Gasteiger partial charge < -0.3 is 18.9 Å². The normalized spacial score (nSPS) is 14.1. The van der Waals surface area contributed by atoms with E-state index in [1.807, 2.05) is 21.1 Å². The minimum Gasteiger partial charge on any atom is -0.457 e. The number of carbonyl (C=O) groups is 1. The number of hydrogen-bond donors (Lipinski definition) is 1. The highest BCUT2D eigenvalue weighted by Crippen LogP contribution is 2.43. The molecule has 0 radical (unpaired) electrons. The number of rotatable bonds is 46. The number of nitrogens with zero attached hydrogens (tertiary/aromatic N) is 1. The molecule has 2 atom stereocenters. The molecule has 0 aromatic carbocycles. The third kappa shape index (κ3) is 49.1. The van der Waals surface area contributed by atoms with E-state index in [1.165, 1.54) is 128 Å². The van der Waals surface area contributed by atoms with Crippen LogP contribution in [0.1, 0.15) is 206 Å². The lowest BCUT2D eigenvalue weighted by atomic mass is 10.0. The summed E-state index contributed by atoms with van der Waals surface area (Å²) in [6, 6.07) is 0. The summed E-state index contributed by atoms with van der Waals surface area (Å²) >= 11 is 0. The maximum absolute atomic E-state index is 12.8. The van der Waals surface area contributed by atoms with Crippen molar-refractivity contribution >= 4 is 13.8 Å². The van der Waals surface area contributed by atoms with Crippen molar-refractivity contribution in [2.45, 2.75) is 213 Å². The van der Waals surface area contributed by atoms with Crippen molar-refractivity contribution in [2.75, 3.05) is 54.1 Å². The smallest absolute Gasteiger partial charge is 0.457 e. The van der Waals surface area contributed by atoms with Crippen LogP contribution in [-0.4, -0.2) is 75.6 Å². The lowest BCUT2D eigenvalue weighted by Gasteiger charge is -2.24. The molecule has 0 amide bonds. The fraction of sp³-hybridized carbons (Fsp3) is 0.788. The predicted molar refractivity (Wildman–Crippen MR) is 261 cm³/mol. The molecule has 0 saturated heterocycles. The van der Waals surface area contributed by atoms with Gasteiger partial charge in [-0.3, -0.25) is 13.8 Å². The van der Waals surface area contributed by atoms with Gasteiger partial charge in [-0.1, -0.05) is 184 Å². The standard InChI is InChI=1S/C52H96NO7P/c1-6-8-10-12-14-16-18-20-22-24-25-26-27-28-29-30-31-33-35-37-39-41-43-45-52(54)60-51(50-59-61(55,56)58-48-46-53(3,4)5)49-57-47-44-42-40-38-36-34-32-23-21-19-17-15-13-11-9-7-2/h8,10,14,16,20-23,25-26,51H,6-7,9,11-13,15,17-19,24,27-50H2,1-5H3/p+1/b10-8-,16-14-,22-20-,23-21-,26-25-. The number of phosphoric ester groups is 1. The molecule has 61 heavy (non-hydrogen) atoms. The number of unbranched alkanes of at least 4 members (excludes halogenated alkanes) is 22. The summed E-state index contributed by atoms with van der Waals surface area (Å²) in [5.41, 5.74) is 0. The topological polar surface area (TPSA) is 91.3 Å². The first-order valence-corrected chi connectivity index (χ1v) is 26.5. The van der Waals surface area contributed by atoms with E-state index in [0.29, 0.717) is 24.1 Å². The summed E-state index contributed by atoms with van der Waals surface area (Å²) in [4.78, 5) is 23.0. The van der Waals surface area contributed by atoms with E-state index >= 15 is 0 Å². The first-order chi connectivity index (χ1) is 29.6. The van der Waals surface area contributed by atoms with Crippen LogP contribution >= 0.6 is 7.82 Å². The van der Waals surface area contributed by atoms with Crippen molar-refractivity contribution in [3.63, 3.8) is 0 Å². The van der Waals surface area contributed by atoms with Crippen LogP contribution in [0, 0.1) is 0 Å². The Morgan fingerprint density at radius 3 is 1.44 bits per heavy atom. The van der Waals surface area contributed by atoms with E-state index < -0.39 is 13.9 Å². The second kappa shape index (κ2) is 44.8. The Kier molecular flexibility index (Phi) is 43.5. The number of phosphoric acid groups is 1. The van der Waals surface area contributed by atoms with E-state index in [0.717, 1.165) is 57.8 Å². The van der Waals surface area contributed by atoms with Crippen molar-refractivity contribution in [1.29, 1.82) is 0 Å². The molecule has 8 nitrogen and oxygen atoms in total. The Labute approximate surface area is 377 Å². The Morgan fingerprint density at radius 1 is 0.525 bits per heavy atom. The molecule has 0 spiro atoms. The number of likely N-dealkylation sites (N-methyl/N-ethyl adjacent to an activating group) is 1. The molecule has 2 unspecified atom stereocenters. The van der Waals surface area contributed by atoms with E-state index in [2.05, 4.69) is 74.6 Å². The number of carbonyl (C=O) groups excluding carboxylic acids is 1. The zero-order valence-corrected chi connectivity index (χ0v) is 41.3. The van der Waals surface area contributed by atoms with Gasteiger partial charge in [0.05, 0.1) is 34.4 Å². The van der Waals surface area contributed by atoms with Crippen LogP contribution in [0.2, 0.25) is 0 Å².